The van der Waals surface area contributed by atoms with Gasteiger partial charge >= 0.3 is 0 Å². The number of rotatable bonds is 5. The van der Waals surface area contributed by atoms with Gasteiger partial charge in [0, 0.05) is 31.9 Å². The summed E-state index contributed by atoms with van der Waals surface area (Å²) in [7, 11) is 3.57. The summed E-state index contributed by atoms with van der Waals surface area (Å²) < 4.78 is 7.40. The molecule has 3 atom stereocenters. The van der Waals surface area contributed by atoms with Crippen molar-refractivity contribution in [2.75, 3.05) is 18.6 Å². The van der Waals surface area contributed by atoms with E-state index in [0.29, 0.717) is 18.7 Å². The van der Waals surface area contributed by atoms with Crippen molar-refractivity contribution in [1.82, 2.24) is 20.7 Å². The van der Waals surface area contributed by atoms with Crippen LogP contribution in [-0.2, 0) is 16.6 Å². The Morgan fingerprint density at radius 2 is 2.04 bits per heavy atom. The minimum Gasteiger partial charge on any atom is -0.495 e. The summed E-state index contributed by atoms with van der Waals surface area (Å²) in [6, 6.07) is 11.0. The van der Waals surface area contributed by atoms with E-state index in [2.05, 4.69) is 16.2 Å². The topological polar surface area (TPSA) is 87.6 Å². The molecule has 2 aromatic rings. The van der Waals surface area contributed by atoms with Crippen molar-refractivity contribution in [2.45, 2.75) is 31.0 Å². The summed E-state index contributed by atoms with van der Waals surface area (Å²) >= 11 is 0. The van der Waals surface area contributed by atoms with E-state index >= 15 is 0 Å². The number of aromatic nitrogens is 1. The van der Waals surface area contributed by atoms with Gasteiger partial charge in [0.15, 0.2) is 0 Å². The number of nitrogens with one attached hydrogen (secondary N) is 3. The van der Waals surface area contributed by atoms with E-state index in [9.17, 15) is 9.59 Å². The molecule has 2 aliphatic heterocycles. The Morgan fingerprint density at radius 1 is 1.21 bits per heavy atom. The first-order valence-corrected chi connectivity index (χ1v) is 9.43. The van der Waals surface area contributed by atoms with Crippen LogP contribution in [-0.4, -0.2) is 42.1 Å². The number of anilines is 1. The minimum atomic E-state index is -0.338. The lowest BCUT2D eigenvalue weighted by atomic mass is 10.1. The van der Waals surface area contributed by atoms with E-state index in [1.807, 2.05) is 54.2 Å². The number of carbonyl (C=O) groups excluding carboxylic acids is 2. The predicted molar refractivity (Wildman–Crippen MR) is 105 cm³/mol. The van der Waals surface area contributed by atoms with Crippen molar-refractivity contribution in [3.63, 3.8) is 0 Å². The molecule has 8 heteroatoms. The zero-order valence-electron chi connectivity index (χ0n) is 16.0. The summed E-state index contributed by atoms with van der Waals surface area (Å²) in [4.78, 5) is 26.9. The summed E-state index contributed by atoms with van der Waals surface area (Å²) in [5.74, 6) is 0.535. The highest BCUT2D eigenvalue weighted by Gasteiger charge is 2.36. The molecule has 148 valence electrons. The molecule has 1 aromatic carbocycles. The normalized spacial score (nSPS) is 24.6. The van der Waals surface area contributed by atoms with Crippen LogP contribution in [0.4, 0.5) is 5.69 Å². The highest BCUT2D eigenvalue weighted by molar-refractivity contribution is 5.98. The molecule has 0 aliphatic carbocycles. The van der Waals surface area contributed by atoms with E-state index in [1.165, 1.54) is 0 Å². The van der Waals surface area contributed by atoms with Gasteiger partial charge in [0.2, 0.25) is 11.8 Å². The molecule has 0 spiro atoms. The maximum absolute atomic E-state index is 12.7. The lowest BCUT2D eigenvalue weighted by molar-refractivity contribution is -0.123. The average molecular weight is 383 g/mol. The van der Waals surface area contributed by atoms with Crippen LogP contribution in [0.2, 0.25) is 0 Å². The second kappa shape index (κ2) is 7.65. The Morgan fingerprint density at radius 3 is 2.79 bits per heavy atom. The van der Waals surface area contributed by atoms with E-state index in [0.717, 1.165) is 11.4 Å². The van der Waals surface area contributed by atoms with E-state index < -0.39 is 0 Å². The van der Waals surface area contributed by atoms with Gasteiger partial charge in [-0.25, -0.2) is 10.9 Å². The van der Waals surface area contributed by atoms with Crippen LogP contribution in [0.3, 0.4) is 0 Å². The van der Waals surface area contributed by atoms with Crippen LogP contribution in [0, 0.1) is 0 Å². The van der Waals surface area contributed by atoms with Crippen LogP contribution in [0.5, 0.6) is 5.75 Å². The summed E-state index contributed by atoms with van der Waals surface area (Å²) in [5, 5.41) is 3.02. The van der Waals surface area contributed by atoms with Crippen LogP contribution < -0.4 is 25.8 Å². The number of carbonyl (C=O) groups is 2. The zero-order chi connectivity index (χ0) is 19.7. The van der Waals surface area contributed by atoms with Crippen LogP contribution in [0.15, 0.2) is 42.6 Å². The molecule has 3 heterocycles. The fourth-order valence-corrected chi connectivity index (χ4v) is 3.95. The maximum Gasteiger partial charge on any atom is 0.238 e. The highest BCUT2D eigenvalue weighted by atomic mass is 16.5. The van der Waals surface area contributed by atoms with Crippen LogP contribution in [0.1, 0.15) is 24.6 Å². The Hall–Kier alpha value is -2.84. The van der Waals surface area contributed by atoms with Crippen molar-refractivity contribution >= 4 is 17.5 Å². The molecular formula is C20H25N5O3. The molecular weight excluding hydrogens is 358 g/mol. The first-order chi connectivity index (χ1) is 13.6. The smallest absolute Gasteiger partial charge is 0.238 e. The first-order valence-electron chi connectivity index (χ1n) is 9.43. The van der Waals surface area contributed by atoms with Crippen LogP contribution >= 0.6 is 0 Å². The number of aryl methyl sites for hydroxylation is 1. The minimum absolute atomic E-state index is 0.0195. The largest absolute Gasteiger partial charge is 0.495 e. The Bertz CT molecular complexity index is 880. The molecule has 2 amide bonds. The molecule has 3 unspecified atom stereocenters. The number of nitrogens with zero attached hydrogens (tertiary/aromatic N) is 2. The van der Waals surface area contributed by atoms with Crippen molar-refractivity contribution in [3.05, 3.63) is 48.3 Å². The standard InChI is InChI=1S/C20H25N5O3/c1-24-9-5-7-16(24)14-11-15(23-22-14)20(27)21-13-10-19(26)25(12-13)17-6-3-4-8-18(17)28-2/h3-9,13-15,22-23H,10-12H2,1-2H3,(H,21,27). The number of ether oxygens (including phenoxy) is 1. The number of hydrazine groups is 1. The second-order valence-electron chi connectivity index (χ2n) is 7.26. The molecule has 3 N–H and O–H groups in total. The summed E-state index contributed by atoms with van der Waals surface area (Å²) in [6.45, 7) is 0.437. The Labute approximate surface area is 163 Å². The lowest BCUT2D eigenvalue weighted by Crippen LogP contribution is -2.47. The highest BCUT2D eigenvalue weighted by Crippen LogP contribution is 2.31. The third-order valence-corrected chi connectivity index (χ3v) is 5.41. The Balaban J connectivity index is 1.37. The van der Waals surface area contributed by atoms with Crippen molar-refractivity contribution in [2.24, 2.45) is 7.05 Å². The summed E-state index contributed by atoms with van der Waals surface area (Å²) in [6.07, 6.45) is 2.92. The molecule has 1 aromatic heterocycles. The number of hydrogen-bond acceptors (Lipinski definition) is 5. The third kappa shape index (κ3) is 3.48. The molecule has 2 saturated heterocycles. The number of hydrogen-bond donors (Lipinski definition) is 3. The molecule has 28 heavy (non-hydrogen) atoms. The molecule has 8 nitrogen and oxygen atoms in total. The van der Waals surface area contributed by atoms with Crippen molar-refractivity contribution < 1.29 is 14.3 Å². The predicted octanol–water partition coefficient (Wildman–Crippen LogP) is 0.863. The first kappa shape index (κ1) is 18.5. The van der Waals surface area contributed by atoms with Gasteiger partial charge in [-0.05, 0) is 30.7 Å². The maximum atomic E-state index is 12.7. The molecule has 2 aliphatic rings. The Kier molecular flexibility index (Phi) is 5.06. The molecule has 4 rings (SSSR count). The second-order valence-corrected chi connectivity index (χ2v) is 7.26. The fraction of sp³-hybridized carbons (Fsp3) is 0.400. The van der Waals surface area contributed by atoms with Gasteiger partial charge in [-0.15, -0.1) is 0 Å². The third-order valence-electron chi connectivity index (χ3n) is 5.41. The molecule has 2 fully saturated rings. The number of methoxy groups -OCH3 is 1. The van der Waals surface area contributed by atoms with E-state index in [4.69, 9.17) is 4.74 Å². The number of para-hydroxylation sites is 2. The summed E-state index contributed by atoms with van der Waals surface area (Å²) in [5.41, 5.74) is 8.12. The van der Waals surface area contributed by atoms with E-state index in [-0.39, 0.29) is 36.4 Å². The molecule has 0 saturated carbocycles. The number of benzene rings is 1. The molecule has 0 radical (unpaired) electrons. The fourth-order valence-electron chi connectivity index (χ4n) is 3.95. The quantitative estimate of drug-likeness (QED) is 0.713. The van der Waals surface area contributed by atoms with Crippen molar-refractivity contribution in [3.8, 4) is 5.75 Å². The monoisotopic (exact) mass is 383 g/mol. The van der Waals surface area contributed by atoms with Gasteiger partial charge in [0.05, 0.1) is 24.9 Å². The zero-order valence-corrected chi connectivity index (χ0v) is 16.0. The van der Waals surface area contributed by atoms with Gasteiger partial charge in [-0.2, -0.15) is 0 Å². The average Bonchev–Trinajstić information content (AvgIpc) is 3.41. The van der Waals surface area contributed by atoms with Gasteiger partial charge in [-0.1, -0.05) is 12.1 Å². The van der Waals surface area contributed by atoms with Gasteiger partial charge in [-0.3, -0.25) is 9.59 Å². The van der Waals surface area contributed by atoms with Gasteiger partial charge < -0.3 is 19.5 Å². The molecule has 0 bridgehead atoms. The van der Waals surface area contributed by atoms with Gasteiger partial charge in [0.1, 0.15) is 11.8 Å². The number of amides is 2. The van der Waals surface area contributed by atoms with Gasteiger partial charge in [0.25, 0.3) is 0 Å². The SMILES string of the molecule is COc1ccccc1N1CC(NC(=O)C2CC(c3cccn3C)NN2)CC1=O. The lowest BCUT2D eigenvalue weighted by Gasteiger charge is -2.20. The van der Waals surface area contributed by atoms with Crippen molar-refractivity contribution in [1.29, 1.82) is 0 Å². The van der Waals surface area contributed by atoms with Crippen LogP contribution in [0.25, 0.3) is 0 Å². The van der Waals surface area contributed by atoms with E-state index in [1.54, 1.807) is 12.0 Å².